The van der Waals surface area contributed by atoms with Crippen LogP contribution in [-0.4, -0.2) is 47.4 Å². The highest BCUT2D eigenvalue weighted by atomic mass is 16.5. The van der Waals surface area contributed by atoms with Gasteiger partial charge in [0.25, 0.3) is 0 Å². The standard InChI is InChI=1S/C31H29N7O4/c1-4-41-30(39)21-18-34-31(37-26(33-2)17-22(32)19-11-6-5-7-12-19)38-28(21)35-24-15-10-13-20(27(24)40-3)29-36-23-14-8-9-16-25(23)42-29/h5-18,32-33H,4H2,1-3H3,(H2,34,35,37,38)/b26-17+,32-22?. The van der Waals surface area contributed by atoms with Crippen LogP contribution in [0, 0.1) is 5.41 Å². The monoisotopic (exact) mass is 563 g/mol. The Hall–Kier alpha value is -5.71. The second-order valence-electron chi connectivity index (χ2n) is 8.89. The largest absolute Gasteiger partial charge is 0.494 e. The molecule has 2 aromatic heterocycles. The van der Waals surface area contributed by atoms with Gasteiger partial charge in [-0.25, -0.2) is 14.8 Å². The maximum absolute atomic E-state index is 12.8. The van der Waals surface area contributed by atoms with Crippen LogP contribution in [-0.2, 0) is 4.74 Å². The van der Waals surface area contributed by atoms with Gasteiger partial charge in [-0.1, -0.05) is 48.5 Å². The summed E-state index contributed by atoms with van der Waals surface area (Å²) in [5.74, 6) is 1.09. The first kappa shape index (κ1) is 27.8. The van der Waals surface area contributed by atoms with Gasteiger partial charge >= 0.3 is 5.97 Å². The number of methoxy groups -OCH3 is 1. The molecular formula is C31H29N7O4. The van der Waals surface area contributed by atoms with Crippen molar-refractivity contribution in [3.8, 4) is 17.2 Å². The van der Waals surface area contributed by atoms with Crippen molar-refractivity contribution in [2.75, 3.05) is 31.4 Å². The molecule has 11 heteroatoms. The van der Waals surface area contributed by atoms with E-state index in [4.69, 9.17) is 19.3 Å². The van der Waals surface area contributed by atoms with Crippen LogP contribution in [0.3, 0.4) is 0 Å². The van der Waals surface area contributed by atoms with Crippen molar-refractivity contribution >= 4 is 40.2 Å². The Balaban J connectivity index is 1.50. The van der Waals surface area contributed by atoms with Crippen molar-refractivity contribution in [3.05, 3.63) is 102 Å². The minimum absolute atomic E-state index is 0.128. The van der Waals surface area contributed by atoms with Crippen molar-refractivity contribution in [1.82, 2.24) is 20.3 Å². The van der Waals surface area contributed by atoms with E-state index >= 15 is 0 Å². The summed E-state index contributed by atoms with van der Waals surface area (Å²) in [6.45, 7) is 1.91. The third-order valence-electron chi connectivity index (χ3n) is 6.17. The Morgan fingerprint density at radius 2 is 1.81 bits per heavy atom. The van der Waals surface area contributed by atoms with Gasteiger partial charge in [-0.15, -0.1) is 0 Å². The molecule has 11 nitrogen and oxygen atoms in total. The summed E-state index contributed by atoms with van der Waals surface area (Å²) in [6.07, 6.45) is 3.00. The lowest BCUT2D eigenvalue weighted by atomic mass is 10.1. The number of benzene rings is 3. The molecule has 0 atom stereocenters. The quantitative estimate of drug-likeness (QED) is 0.116. The van der Waals surface area contributed by atoms with Crippen molar-refractivity contribution < 1.29 is 18.7 Å². The summed E-state index contributed by atoms with van der Waals surface area (Å²) in [5.41, 5.74) is 3.67. The molecule has 0 saturated heterocycles. The summed E-state index contributed by atoms with van der Waals surface area (Å²) < 4.78 is 17.0. The third kappa shape index (κ3) is 6.04. The number of nitrogens with zero attached hydrogens (tertiary/aromatic N) is 3. The van der Waals surface area contributed by atoms with Crippen LogP contribution in [0.5, 0.6) is 5.75 Å². The first-order valence-electron chi connectivity index (χ1n) is 13.1. The van der Waals surface area contributed by atoms with E-state index in [2.05, 4.69) is 30.9 Å². The number of oxazole rings is 1. The van der Waals surface area contributed by atoms with Crippen LogP contribution in [0.2, 0.25) is 0 Å². The highest BCUT2D eigenvalue weighted by Gasteiger charge is 2.21. The predicted molar refractivity (Wildman–Crippen MR) is 161 cm³/mol. The number of carbonyl (C=O) groups is 1. The van der Waals surface area contributed by atoms with Gasteiger partial charge in [0.15, 0.2) is 17.2 Å². The average molecular weight is 564 g/mol. The summed E-state index contributed by atoms with van der Waals surface area (Å²) in [4.78, 5) is 26.3. The smallest absolute Gasteiger partial charge is 0.343 e. The Labute approximate surface area is 242 Å². The van der Waals surface area contributed by atoms with Crippen LogP contribution >= 0.6 is 0 Å². The Morgan fingerprint density at radius 3 is 2.55 bits per heavy atom. The minimum atomic E-state index is -0.587. The maximum atomic E-state index is 12.8. The highest BCUT2D eigenvalue weighted by molar-refractivity contribution is 6.07. The Kier molecular flexibility index (Phi) is 8.38. The van der Waals surface area contributed by atoms with Crippen molar-refractivity contribution in [2.24, 2.45) is 0 Å². The molecule has 2 heterocycles. The van der Waals surface area contributed by atoms with Gasteiger partial charge in [-0.2, -0.15) is 4.98 Å². The lowest BCUT2D eigenvalue weighted by molar-refractivity contribution is 0.0526. The lowest BCUT2D eigenvalue weighted by Crippen LogP contribution is -2.19. The normalized spacial score (nSPS) is 11.2. The minimum Gasteiger partial charge on any atom is -0.494 e. The van der Waals surface area contributed by atoms with Gasteiger partial charge in [0.05, 0.1) is 30.7 Å². The van der Waals surface area contributed by atoms with E-state index in [1.165, 1.54) is 13.3 Å². The van der Waals surface area contributed by atoms with Crippen molar-refractivity contribution in [1.29, 1.82) is 5.41 Å². The van der Waals surface area contributed by atoms with E-state index in [0.29, 0.717) is 34.3 Å². The Bertz CT molecular complexity index is 1730. The summed E-state index contributed by atoms with van der Waals surface area (Å²) >= 11 is 0. The van der Waals surface area contributed by atoms with E-state index in [0.717, 1.165) is 11.1 Å². The molecule has 0 spiro atoms. The van der Waals surface area contributed by atoms with Crippen LogP contribution in [0.15, 0.2) is 95.3 Å². The molecule has 0 aliphatic heterocycles. The first-order valence-corrected chi connectivity index (χ1v) is 13.1. The average Bonchev–Trinajstić information content (AvgIpc) is 3.45. The topological polar surface area (TPSA) is 147 Å². The van der Waals surface area contributed by atoms with E-state index in [-0.39, 0.29) is 29.6 Å². The van der Waals surface area contributed by atoms with Gasteiger partial charge in [0.1, 0.15) is 16.9 Å². The molecule has 0 unspecified atom stereocenters. The fourth-order valence-corrected chi connectivity index (χ4v) is 4.17. The maximum Gasteiger partial charge on any atom is 0.343 e. The number of rotatable bonds is 11. The summed E-state index contributed by atoms with van der Waals surface area (Å²) in [7, 11) is 3.25. The zero-order valence-electron chi connectivity index (χ0n) is 23.3. The molecule has 5 rings (SSSR count). The molecule has 0 saturated carbocycles. The molecule has 0 amide bonds. The van der Waals surface area contributed by atoms with Gasteiger partial charge in [0, 0.05) is 19.3 Å². The molecule has 3 aromatic carbocycles. The zero-order chi connectivity index (χ0) is 29.5. The number of aromatic nitrogens is 3. The Morgan fingerprint density at radius 1 is 1.02 bits per heavy atom. The predicted octanol–water partition coefficient (Wildman–Crippen LogP) is 5.75. The van der Waals surface area contributed by atoms with Gasteiger partial charge in [0.2, 0.25) is 11.8 Å². The third-order valence-corrected chi connectivity index (χ3v) is 6.17. The molecule has 0 bridgehead atoms. The SMILES string of the molecule is CCOC(=O)c1cnc(N/C(=C/C(=N)c2ccccc2)NC)nc1Nc1cccc(-c2nc3ccccc3o2)c1OC. The summed E-state index contributed by atoms with van der Waals surface area (Å²) in [6, 6.07) is 22.2. The number of fused-ring (bicyclic) bond motifs is 1. The molecular weight excluding hydrogens is 534 g/mol. The van der Waals surface area contributed by atoms with E-state index in [1.54, 1.807) is 26.1 Å². The molecule has 4 N–H and O–H groups in total. The number of allylic oxidation sites excluding steroid dienone is 1. The number of carbonyl (C=O) groups excluding carboxylic acids is 1. The van der Waals surface area contributed by atoms with Gasteiger partial charge in [-0.05, 0) is 36.8 Å². The number of anilines is 3. The van der Waals surface area contributed by atoms with Crippen LogP contribution in [0.4, 0.5) is 17.5 Å². The number of hydrogen-bond acceptors (Lipinski definition) is 11. The molecule has 212 valence electrons. The van der Waals surface area contributed by atoms with Crippen LogP contribution < -0.4 is 20.7 Å². The van der Waals surface area contributed by atoms with Crippen LogP contribution in [0.1, 0.15) is 22.8 Å². The lowest BCUT2D eigenvalue weighted by Gasteiger charge is -2.16. The number of esters is 1. The van der Waals surface area contributed by atoms with E-state index in [1.807, 2.05) is 66.7 Å². The molecule has 5 aromatic rings. The fraction of sp³-hybridized carbons (Fsp3) is 0.129. The molecule has 0 aliphatic rings. The van der Waals surface area contributed by atoms with Crippen molar-refractivity contribution in [2.45, 2.75) is 6.92 Å². The van der Waals surface area contributed by atoms with E-state index in [9.17, 15) is 4.79 Å². The number of nitrogens with one attached hydrogen (secondary N) is 4. The van der Waals surface area contributed by atoms with Crippen LogP contribution in [0.25, 0.3) is 22.6 Å². The molecule has 0 radical (unpaired) electrons. The van der Waals surface area contributed by atoms with Gasteiger partial charge < -0.3 is 35.3 Å². The second-order valence-corrected chi connectivity index (χ2v) is 8.89. The van der Waals surface area contributed by atoms with E-state index < -0.39 is 5.97 Å². The van der Waals surface area contributed by atoms with Crippen molar-refractivity contribution in [3.63, 3.8) is 0 Å². The summed E-state index contributed by atoms with van der Waals surface area (Å²) in [5, 5.41) is 17.7. The number of para-hydroxylation sites is 3. The zero-order valence-corrected chi connectivity index (χ0v) is 23.3. The van der Waals surface area contributed by atoms with Gasteiger partial charge in [-0.3, -0.25) is 0 Å². The molecule has 0 fully saturated rings. The highest BCUT2D eigenvalue weighted by Crippen LogP contribution is 2.38. The molecule has 0 aliphatic carbocycles. The fourth-order valence-electron chi connectivity index (χ4n) is 4.17. The molecule has 42 heavy (non-hydrogen) atoms. The number of ether oxygens (including phenoxy) is 2. The second kappa shape index (κ2) is 12.6. The first-order chi connectivity index (χ1) is 20.5. The number of hydrogen-bond donors (Lipinski definition) is 4.